The first kappa shape index (κ1) is 13.0. The van der Waals surface area contributed by atoms with E-state index in [4.69, 9.17) is 4.74 Å². The van der Waals surface area contributed by atoms with Crippen LogP contribution in [0, 0.1) is 0 Å². The standard InChI is InChI=1S/C14H17NO2/c1-3-5-6-7-14(16)15-12-8-10-13(11-9-12)17-4-2/h3,5-11H,4H2,1-2H3,(H,15,16)/b5-3+,7-6+. The Hall–Kier alpha value is -2.03. The number of amides is 1. The van der Waals surface area contributed by atoms with Crippen LogP contribution in [0.4, 0.5) is 5.69 Å². The second-order valence-electron chi connectivity index (χ2n) is 3.33. The maximum atomic E-state index is 11.4. The van der Waals surface area contributed by atoms with Crippen molar-refractivity contribution < 1.29 is 9.53 Å². The number of hydrogen-bond donors (Lipinski definition) is 1. The van der Waals surface area contributed by atoms with Crippen LogP contribution in [0.5, 0.6) is 5.75 Å². The molecule has 0 saturated carbocycles. The number of carbonyl (C=O) groups excluding carboxylic acids is 1. The third kappa shape index (κ3) is 5.02. The molecule has 0 saturated heterocycles. The van der Waals surface area contributed by atoms with Gasteiger partial charge >= 0.3 is 0 Å². The largest absolute Gasteiger partial charge is 0.494 e. The lowest BCUT2D eigenvalue weighted by molar-refractivity contribution is -0.111. The Bertz CT molecular complexity index is 405. The van der Waals surface area contributed by atoms with Gasteiger partial charge in [0.25, 0.3) is 0 Å². The first-order valence-corrected chi connectivity index (χ1v) is 5.59. The van der Waals surface area contributed by atoms with Crippen molar-refractivity contribution in [3.63, 3.8) is 0 Å². The summed E-state index contributed by atoms with van der Waals surface area (Å²) in [5, 5.41) is 2.75. The predicted octanol–water partition coefficient (Wildman–Crippen LogP) is 3.16. The summed E-state index contributed by atoms with van der Waals surface area (Å²) < 4.78 is 5.31. The summed E-state index contributed by atoms with van der Waals surface area (Å²) >= 11 is 0. The third-order valence-electron chi connectivity index (χ3n) is 1.98. The molecule has 0 aliphatic heterocycles. The van der Waals surface area contributed by atoms with Gasteiger partial charge in [0, 0.05) is 11.8 Å². The first-order valence-electron chi connectivity index (χ1n) is 5.59. The van der Waals surface area contributed by atoms with Crippen LogP contribution in [0.25, 0.3) is 0 Å². The van der Waals surface area contributed by atoms with Gasteiger partial charge in [-0.25, -0.2) is 0 Å². The maximum absolute atomic E-state index is 11.4. The topological polar surface area (TPSA) is 38.3 Å². The first-order chi connectivity index (χ1) is 8.26. The summed E-state index contributed by atoms with van der Waals surface area (Å²) in [6.07, 6.45) is 6.85. The molecule has 0 aliphatic rings. The van der Waals surface area contributed by atoms with Gasteiger partial charge in [-0.3, -0.25) is 4.79 Å². The highest BCUT2D eigenvalue weighted by molar-refractivity contribution is 5.99. The SMILES string of the molecule is C/C=C/C=C/C(=O)Nc1ccc(OCC)cc1. The van der Waals surface area contributed by atoms with Gasteiger partial charge in [0.2, 0.25) is 5.91 Å². The molecule has 3 nitrogen and oxygen atoms in total. The predicted molar refractivity (Wildman–Crippen MR) is 70.2 cm³/mol. The summed E-state index contributed by atoms with van der Waals surface area (Å²) in [5.41, 5.74) is 0.753. The molecule has 0 heterocycles. The Morgan fingerprint density at radius 1 is 1.29 bits per heavy atom. The molecule has 1 N–H and O–H groups in total. The highest BCUT2D eigenvalue weighted by Crippen LogP contribution is 2.15. The minimum absolute atomic E-state index is 0.146. The summed E-state index contributed by atoms with van der Waals surface area (Å²) in [6.45, 7) is 4.47. The van der Waals surface area contributed by atoms with E-state index in [2.05, 4.69) is 5.32 Å². The zero-order valence-corrected chi connectivity index (χ0v) is 10.1. The van der Waals surface area contributed by atoms with E-state index in [0.29, 0.717) is 6.61 Å². The minimum Gasteiger partial charge on any atom is -0.494 e. The van der Waals surface area contributed by atoms with Crippen molar-refractivity contribution in [1.29, 1.82) is 0 Å². The van der Waals surface area contributed by atoms with Crippen LogP contribution in [0.15, 0.2) is 48.6 Å². The van der Waals surface area contributed by atoms with Gasteiger partial charge in [0.1, 0.15) is 5.75 Å². The molecule has 1 aromatic rings. The average molecular weight is 231 g/mol. The molecule has 0 aliphatic carbocycles. The Morgan fingerprint density at radius 2 is 2.00 bits per heavy atom. The van der Waals surface area contributed by atoms with E-state index in [0.717, 1.165) is 11.4 Å². The fraction of sp³-hybridized carbons (Fsp3) is 0.214. The Morgan fingerprint density at radius 3 is 2.59 bits per heavy atom. The molecule has 0 unspecified atom stereocenters. The van der Waals surface area contributed by atoms with E-state index in [1.807, 2.05) is 44.2 Å². The molecule has 1 rings (SSSR count). The van der Waals surface area contributed by atoms with Gasteiger partial charge in [-0.2, -0.15) is 0 Å². The van der Waals surface area contributed by atoms with Gasteiger partial charge < -0.3 is 10.1 Å². The number of rotatable bonds is 5. The molecule has 1 amide bonds. The molecule has 17 heavy (non-hydrogen) atoms. The molecule has 90 valence electrons. The smallest absolute Gasteiger partial charge is 0.248 e. The van der Waals surface area contributed by atoms with Gasteiger partial charge in [0.05, 0.1) is 6.61 Å². The van der Waals surface area contributed by atoms with Gasteiger partial charge in [-0.1, -0.05) is 18.2 Å². The quantitative estimate of drug-likeness (QED) is 0.624. The van der Waals surface area contributed by atoms with Crippen molar-refractivity contribution in [2.45, 2.75) is 13.8 Å². The highest BCUT2D eigenvalue weighted by atomic mass is 16.5. The van der Waals surface area contributed by atoms with E-state index in [9.17, 15) is 4.79 Å². The lowest BCUT2D eigenvalue weighted by Gasteiger charge is -2.05. The summed E-state index contributed by atoms with van der Waals surface area (Å²) in [6, 6.07) is 7.28. The Labute approximate surface area is 102 Å². The molecule has 0 aromatic heterocycles. The normalized spacial score (nSPS) is 10.9. The zero-order valence-electron chi connectivity index (χ0n) is 10.1. The number of anilines is 1. The minimum atomic E-state index is -0.146. The zero-order chi connectivity index (χ0) is 12.5. The summed E-state index contributed by atoms with van der Waals surface area (Å²) in [7, 11) is 0. The Kier molecular flexibility index (Phi) is 5.58. The van der Waals surface area contributed by atoms with Crippen molar-refractivity contribution >= 4 is 11.6 Å². The molecule has 1 aromatic carbocycles. The van der Waals surface area contributed by atoms with Crippen LogP contribution in [-0.4, -0.2) is 12.5 Å². The van der Waals surface area contributed by atoms with Crippen molar-refractivity contribution in [2.24, 2.45) is 0 Å². The second kappa shape index (κ2) is 7.28. The number of nitrogens with one attached hydrogen (secondary N) is 1. The van der Waals surface area contributed by atoms with E-state index in [1.54, 1.807) is 12.2 Å². The molecule has 0 radical (unpaired) electrons. The lowest BCUT2D eigenvalue weighted by atomic mass is 10.3. The van der Waals surface area contributed by atoms with Crippen LogP contribution in [0.3, 0.4) is 0 Å². The summed E-state index contributed by atoms with van der Waals surface area (Å²) in [5.74, 6) is 0.655. The fourth-order valence-electron chi connectivity index (χ4n) is 1.24. The average Bonchev–Trinajstić information content (AvgIpc) is 2.32. The van der Waals surface area contributed by atoms with Crippen LogP contribution < -0.4 is 10.1 Å². The van der Waals surface area contributed by atoms with Crippen molar-refractivity contribution in [2.75, 3.05) is 11.9 Å². The van der Waals surface area contributed by atoms with Crippen LogP contribution in [0.1, 0.15) is 13.8 Å². The third-order valence-corrected chi connectivity index (χ3v) is 1.98. The molecule has 0 spiro atoms. The number of allylic oxidation sites excluding steroid dienone is 3. The maximum Gasteiger partial charge on any atom is 0.248 e. The number of carbonyl (C=O) groups is 1. The lowest BCUT2D eigenvalue weighted by Crippen LogP contribution is -2.07. The molecule has 3 heteroatoms. The van der Waals surface area contributed by atoms with E-state index in [1.165, 1.54) is 6.08 Å². The molecule has 0 bridgehead atoms. The van der Waals surface area contributed by atoms with E-state index in [-0.39, 0.29) is 5.91 Å². The highest BCUT2D eigenvalue weighted by Gasteiger charge is 1.97. The van der Waals surface area contributed by atoms with Crippen molar-refractivity contribution in [3.05, 3.63) is 48.6 Å². The fourth-order valence-corrected chi connectivity index (χ4v) is 1.24. The van der Waals surface area contributed by atoms with Gasteiger partial charge in [-0.05, 0) is 38.1 Å². The molecular weight excluding hydrogens is 214 g/mol. The number of hydrogen-bond acceptors (Lipinski definition) is 2. The monoisotopic (exact) mass is 231 g/mol. The number of benzene rings is 1. The number of ether oxygens (including phenoxy) is 1. The molecular formula is C14H17NO2. The second-order valence-corrected chi connectivity index (χ2v) is 3.33. The van der Waals surface area contributed by atoms with Crippen LogP contribution in [-0.2, 0) is 4.79 Å². The van der Waals surface area contributed by atoms with Crippen molar-refractivity contribution in [3.8, 4) is 5.75 Å². The van der Waals surface area contributed by atoms with Crippen LogP contribution in [0.2, 0.25) is 0 Å². The summed E-state index contributed by atoms with van der Waals surface area (Å²) in [4.78, 5) is 11.4. The molecule has 0 fully saturated rings. The van der Waals surface area contributed by atoms with Crippen molar-refractivity contribution in [1.82, 2.24) is 0 Å². The van der Waals surface area contributed by atoms with Gasteiger partial charge in [-0.15, -0.1) is 0 Å². The Balaban J connectivity index is 2.54. The van der Waals surface area contributed by atoms with Gasteiger partial charge in [0.15, 0.2) is 0 Å². The van der Waals surface area contributed by atoms with E-state index < -0.39 is 0 Å². The molecule has 0 atom stereocenters. The van der Waals surface area contributed by atoms with Crippen LogP contribution >= 0.6 is 0 Å². The van der Waals surface area contributed by atoms with E-state index >= 15 is 0 Å².